The molecule has 1 N–H and O–H groups in total. The number of carbonyl (C=O) groups is 1. The summed E-state index contributed by atoms with van der Waals surface area (Å²) < 4.78 is 0. The number of hydrogen-bond acceptors (Lipinski definition) is 2. The number of carbonyl (C=O) groups excluding carboxylic acids is 1. The zero-order chi connectivity index (χ0) is 13.5. The van der Waals surface area contributed by atoms with Gasteiger partial charge in [0.05, 0.1) is 0 Å². The molecule has 0 radical (unpaired) electrons. The van der Waals surface area contributed by atoms with E-state index in [1.807, 2.05) is 39.8 Å². The predicted molar refractivity (Wildman–Crippen MR) is 73.8 cm³/mol. The summed E-state index contributed by atoms with van der Waals surface area (Å²) in [6.07, 6.45) is 0. The molecule has 0 saturated heterocycles. The van der Waals surface area contributed by atoms with Crippen molar-refractivity contribution in [2.75, 3.05) is 0 Å². The fourth-order valence-corrected chi connectivity index (χ4v) is 2.14. The molecule has 0 bridgehead atoms. The van der Waals surface area contributed by atoms with Crippen molar-refractivity contribution in [1.82, 2.24) is 5.32 Å². The number of aliphatic imine (C=N–C) groups is 1. The average molecular weight is 244 g/mol. The second-order valence-corrected chi connectivity index (χ2v) is 5.54. The fraction of sp³-hybridized carbons (Fsp3) is 0.467. The molecule has 0 spiro atoms. The molecule has 1 aliphatic heterocycles. The summed E-state index contributed by atoms with van der Waals surface area (Å²) in [7, 11) is 0. The molecule has 1 atom stereocenters. The molecule has 1 unspecified atom stereocenters. The summed E-state index contributed by atoms with van der Waals surface area (Å²) in [6.45, 7) is 10.0. The highest BCUT2D eigenvalue weighted by molar-refractivity contribution is 6.15. The first-order valence-corrected chi connectivity index (χ1v) is 6.33. The van der Waals surface area contributed by atoms with Gasteiger partial charge in [0.1, 0.15) is 11.4 Å². The third-order valence-corrected chi connectivity index (χ3v) is 3.80. The van der Waals surface area contributed by atoms with Gasteiger partial charge in [0, 0.05) is 5.56 Å². The second kappa shape index (κ2) is 4.23. The van der Waals surface area contributed by atoms with Crippen molar-refractivity contribution in [2.24, 2.45) is 10.9 Å². The SMILES string of the molecule is Cc1ccc(C2=NC(C)(C(C)C)C(=O)N2)c(C)c1. The van der Waals surface area contributed by atoms with E-state index in [4.69, 9.17) is 0 Å². The van der Waals surface area contributed by atoms with Crippen molar-refractivity contribution in [1.29, 1.82) is 0 Å². The molecule has 1 heterocycles. The first-order chi connectivity index (χ1) is 8.34. The fourth-order valence-electron chi connectivity index (χ4n) is 2.14. The van der Waals surface area contributed by atoms with Gasteiger partial charge in [-0.2, -0.15) is 0 Å². The first-order valence-electron chi connectivity index (χ1n) is 6.33. The van der Waals surface area contributed by atoms with Gasteiger partial charge in [-0.3, -0.25) is 9.79 Å². The lowest BCUT2D eigenvalue weighted by atomic mass is 9.89. The molecule has 96 valence electrons. The quantitative estimate of drug-likeness (QED) is 0.853. The molecule has 1 amide bonds. The molecule has 3 nitrogen and oxygen atoms in total. The molecule has 18 heavy (non-hydrogen) atoms. The Labute approximate surface area is 108 Å². The van der Waals surface area contributed by atoms with Crippen LogP contribution in [0.5, 0.6) is 0 Å². The zero-order valence-electron chi connectivity index (χ0n) is 11.7. The van der Waals surface area contributed by atoms with E-state index in [1.165, 1.54) is 5.56 Å². The maximum absolute atomic E-state index is 12.1. The summed E-state index contributed by atoms with van der Waals surface area (Å²) in [4.78, 5) is 16.7. The Bertz CT molecular complexity index is 531. The third kappa shape index (κ3) is 1.94. The Hall–Kier alpha value is -1.64. The minimum absolute atomic E-state index is 0.00697. The molecule has 1 aliphatic rings. The summed E-state index contributed by atoms with van der Waals surface area (Å²) in [5, 5.41) is 2.91. The lowest BCUT2D eigenvalue weighted by Gasteiger charge is -2.21. The summed E-state index contributed by atoms with van der Waals surface area (Å²) in [5.41, 5.74) is 2.72. The number of aryl methyl sites for hydroxylation is 2. The predicted octanol–water partition coefficient (Wildman–Crippen LogP) is 2.59. The van der Waals surface area contributed by atoms with Crippen LogP contribution in [0.15, 0.2) is 23.2 Å². The Kier molecular flexibility index (Phi) is 3.01. The molecule has 2 rings (SSSR count). The van der Waals surface area contributed by atoms with Crippen LogP contribution in [0.3, 0.4) is 0 Å². The minimum atomic E-state index is -0.646. The van der Waals surface area contributed by atoms with Crippen LogP contribution in [0.1, 0.15) is 37.5 Å². The lowest BCUT2D eigenvalue weighted by Crippen LogP contribution is -2.41. The number of nitrogens with zero attached hydrogens (tertiary/aromatic N) is 1. The molecule has 0 aliphatic carbocycles. The molecule has 0 aromatic heterocycles. The van der Waals surface area contributed by atoms with Gasteiger partial charge in [-0.15, -0.1) is 0 Å². The van der Waals surface area contributed by atoms with E-state index in [2.05, 4.69) is 23.3 Å². The number of benzene rings is 1. The van der Waals surface area contributed by atoms with Crippen molar-refractivity contribution in [3.05, 3.63) is 34.9 Å². The molecule has 3 heteroatoms. The van der Waals surface area contributed by atoms with Gasteiger partial charge in [0.15, 0.2) is 0 Å². The van der Waals surface area contributed by atoms with E-state index >= 15 is 0 Å². The van der Waals surface area contributed by atoms with Gasteiger partial charge >= 0.3 is 0 Å². The van der Waals surface area contributed by atoms with Crippen LogP contribution in [-0.4, -0.2) is 17.3 Å². The van der Waals surface area contributed by atoms with Gasteiger partial charge in [-0.05, 0) is 32.3 Å². The Morgan fingerprint density at radius 1 is 1.28 bits per heavy atom. The third-order valence-electron chi connectivity index (χ3n) is 3.80. The molecule has 0 fully saturated rings. The minimum Gasteiger partial charge on any atom is -0.308 e. The highest BCUT2D eigenvalue weighted by Crippen LogP contribution is 2.27. The Balaban J connectivity index is 2.45. The van der Waals surface area contributed by atoms with E-state index in [-0.39, 0.29) is 11.8 Å². The molecule has 1 aromatic carbocycles. The smallest absolute Gasteiger partial charge is 0.253 e. The molecule has 0 saturated carbocycles. The Morgan fingerprint density at radius 2 is 1.94 bits per heavy atom. The Morgan fingerprint density at radius 3 is 2.44 bits per heavy atom. The van der Waals surface area contributed by atoms with Crippen LogP contribution in [0.4, 0.5) is 0 Å². The number of hydrogen-bond donors (Lipinski definition) is 1. The van der Waals surface area contributed by atoms with Crippen molar-refractivity contribution < 1.29 is 4.79 Å². The first kappa shape index (κ1) is 12.8. The summed E-state index contributed by atoms with van der Waals surface area (Å²) >= 11 is 0. The van der Waals surface area contributed by atoms with E-state index in [0.29, 0.717) is 5.84 Å². The number of amides is 1. The van der Waals surface area contributed by atoms with Gasteiger partial charge in [0.25, 0.3) is 5.91 Å². The maximum Gasteiger partial charge on any atom is 0.253 e. The van der Waals surface area contributed by atoms with Crippen LogP contribution in [0.25, 0.3) is 0 Å². The van der Waals surface area contributed by atoms with Crippen LogP contribution in [0.2, 0.25) is 0 Å². The van der Waals surface area contributed by atoms with Crippen LogP contribution in [-0.2, 0) is 4.79 Å². The van der Waals surface area contributed by atoms with Crippen molar-refractivity contribution in [3.63, 3.8) is 0 Å². The van der Waals surface area contributed by atoms with E-state index in [0.717, 1.165) is 11.1 Å². The number of nitrogens with one attached hydrogen (secondary N) is 1. The van der Waals surface area contributed by atoms with E-state index in [9.17, 15) is 4.79 Å². The van der Waals surface area contributed by atoms with Gasteiger partial charge in [0.2, 0.25) is 0 Å². The zero-order valence-corrected chi connectivity index (χ0v) is 11.7. The van der Waals surface area contributed by atoms with E-state index < -0.39 is 5.54 Å². The van der Waals surface area contributed by atoms with Crippen LogP contribution in [0, 0.1) is 19.8 Å². The summed E-state index contributed by atoms with van der Waals surface area (Å²) in [6, 6.07) is 6.17. The van der Waals surface area contributed by atoms with Gasteiger partial charge in [-0.1, -0.05) is 37.6 Å². The van der Waals surface area contributed by atoms with Gasteiger partial charge < -0.3 is 5.32 Å². The molecular formula is C15H20N2O. The maximum atomic E-state index is 12.1. The molecular weight excluding hydrogens is 224 g/mol. The largest absolute Gasteiger partial charge is 0.308 e. The highest BCUT2D eigenvalue weighted by atomic mass is 16.2. The van der Waals surface area contributed by atoms with Crippen LogP contribution < -0.4 is 5.32 Å². The van der Waals surface area contributed by atoms with Gasteiger partial charge in [-0.25, -0.2) is 0 Å². The normalized spacial score (nSPS) is 23.2. The average Bonchev–Trinajstić information content (AvgIpc) is 2.56. The lowest BCUT2D eigenvalue weighted by molar-refractivity contribution is -0.124. The number of amidine groups is 1. The monoisotopic (exact) mass is 244 g/mol. The molecule has 1 aromatic rings. The van der Waals surface area contributed by atoms with Crippen LogP contribution >= 0.6 is 0 Å². The van der Waals surface area contributed by atoms with Crippen molar-refractivity contribution in [3.8, 4) is 0 Å². The van der Waals surface area contributed by atoms with Crippen molar-refractivity contribution in [2.45, 2.75) is 40.2 Å². The van der Waals surface area contributed by atoms with E-state index in [1.54, 1.807) is 0 Å². The highest BCUT2D eigenvalue weighted by Gasteiger charge is 2.42. The standard InChI is InChI=1S/C15H20N2O/c1-9(2)15(5)14(18)16-13(17-15)12-7-6-10(3)8-11(12)4/h6-9H,1-5H3,(H,16,17,18). The summed E-state index contributed by atoms with van der Waals surface area (Å²) in [5.74, 6) is 0.877. The van der Waals surface area contributed by atoms with Crippen molar-refractivity contribution >= 4 is 11.7 Å². The second-order valence-electron chi connectivity index (χ2n) is 5.54. The topological polar surface area (TPSA) is 41.5 Å². The number of rotatable bonds is 2.